The molecule has 0 fully saturated rings. The van der Waals surface area contributed by atoms with Crippen LogP contribution in [0.3, 0.4) is 0 Å². The highest BCUT2D eigenvalue weighted by molar-refractivity contribution is 5.50. The van der Waals surface area contributed by atoms with Crippen LogP contribution >= 0.6 is 0 Å². The molecule has 2 rings (SSSR count). The molecule has 1 N–H and O–H groups in total. The minimum atomic E-state index is 0.299. The third-order valence-corrected chi connectivity index (χ3v) is 2.05. The van der Waals surface area contributed by atoms with Crippen LogP contribution in [-0.4, -0.2) is 38.4 Å². The molecule has 7 heteroatoms. The second-order valence-corrected chi connectivity index (χ2v) is 3.32. The maximum absolute atomic E-state index is 5.28. The quantitative estimate of drug-likeness (QED) is 0.839. The molecule has 0 aliphatic rings. The van der Waals surface area contributed by atoms with Crippen molar-refractivity contribution in [2.45, 2.75) is 6.92 Å². The van der Waals surface area contributed by atoms with Crippen LogP contribution in [0, 0.1) is 0 Å². The van der Waals surface area contributed by atoms with Gasteiger partial charge in [0.1, 0.15) is 5.69 Å². The van der Waals surface area contributed by atoms with Crippen LogP contribution in [0.25, 0.3) is 11.5 Å². The predicted octanol–water partition coefficient (Wildman–Crippen LogP) is 0.712. The van der Waals surface area contributed by atoms with Crippen LogP contribution in [0.4, 0.5) is 5.95 Å². The van der Waals surface area contributed by atoms with E-state index in [4.69, 9.17) is 4.74 Å². The van der Waals surface area contributed by atoms with E-state index < -0.39 is 0 Å². The summed E-state index contributed by atoms with van der Waals surface area (Å²) in [6.07, 6.45) is 1.83. The lowest BCUT2D eigenvalue weighted by molar-refractivity contribution is 0.312. The first-order valence-corrected chi connectivity index (χ1v) is 5.29. The monoisotopic (exact) mass is 234 g/mol. The van der Waals surface area contributed by atoms with E-state index in [-0.39, 0.29) is 0 Å². The molecule has 0 aliphatic carbocycles. The highest BCUT2D eigenvalue weighted by Gasteiger charge is 2.10. The van der Waals surface area contributed by atoms with Gasteiger partial charge in [-0.05, 0) is 13.0 Å². The van der Waals surface area contributed by atoms with Crippen LogP contribution < -0.4 is 10.1 Å². The lowest BCUT2D eigenvalue weighted by atomic mass is 10.4. The average Bonchev–Trinajstić information content (AvgIpc) is 2.76. The Morgan fingerprint density at radius 1 is 1.35 bits per heavy atom. The normalized spacial score (nSPS) is 10.3. The van der Waals surface area contributed by atoms with Gasteiger partial charge in [0, 0.05) is 20.3 Å². The summed E-state index contributed by atoms with van der Waals surface area (Å²) in [4.78, 5) is 12.5. The molecule has 2 heterocycles. The Morgan fingerprint density at radius 2 is 2.18 bits per heavy atom. The Morgan fingerprint density at radius 3 is 2.76 bits per heavy atom. The second-order valence-electron chi connectivity index (χ2n) is 3.32. The summed E-state index contributed by atoms with van der Waals surface area (Å²) in [5.74, 6) is 0.956. The van der Waals surface area contributed by atoms with Gasteiger partial charge in [-0.25, -0.2) is 0 Å². The summed E-state index contributed by atoms with van der Waals surface area (Å²) in [6, 6.07) is 2.14. The molecule has 0 unspecified atom stereocenters. The zero-order chi connectivity index (χ0) is 12.3. The van der Waals surface area contributed by atoms with Gasteiger partial charge in [-0.2, -0.15) is 20.1 Å². The third-order valence-electron chi connectivity index (χ3n) is 2.05. The number of aryl methyl sites for hydroxylation is 1. The van der Waals surface area contributed by atoms with E-state index in [1.165, 1.54) is 0 Å². The Bertz CT molecular complexity index is 509. The number of nitrogens with zero attached hydrogens (tertiary/aromatic N) is 5. The number of nitrogens with one attached hydrogen (secondary N) is 1. The zero-order valence-electron chi connectivity index (χ0n) is 10.0. The molecule has 17 heavy (non-hydrogen) atoms. The maximum Gasteiger partial charge on any atom is 0.321 e. The SMILES string of the molecule is CCOc1nc(NC)nc(-c2ccn(C)n2)n1. The molecule has 0 spiro atoms. The fourth-order valence-corrected chi connectivity index (χ4v) is 1.31. The van der Waals surface area contributed by atoms with E-state index in [1.807, 2.05) is 26.2 Å². The van der Waals surface area contributed by atoms with Crippen LogP contribution in [0.1, 0.15) is 6.92 Å². The van der Waals surface area contributed by atoms with Gasteiger partial charge in [0.15, 0.2) is 5.82 Å². The first-order chi connectivity index (χ1) is 8.22. The summed E-state index contributed by atoms with van der Waals surface area (Å²) in [5.41, 5.74) is 0.687. The van der Waals surface area contributed by atoms with E-state index in [0.717, 1.165) is 0 Å². The molecule has 0 saturated heterocycles. The minimum Gasteiger partial charge on any atom is -0.464 e. The molecule has 90 valence electrons. The summed E-state index contributed by atoms with van der Waals surface area (Å²) in [6.45, 7) is 2.39. The van der Waals surface area contributed by atoms with Crippen molar-refractivity contribution in [2.24, 2.45) is 7.05 Å². The van der Waals surface area contributed by atoms with E-state index >= 15 is 0 Å². The van der Waals surface area contributed by atoms with Gasteiger partial charge in [0.05, 0.1) is 6.61 Å². The molecule has 0 bridgehead atoms. The van der Waals surface area contributed by atoms with Crippen LogP contribution in [0.5, 0.6) is 6.01 Å². The van der Waals surface area contributed by atoms with Crippen molar-refractivity contribution < 1.29 is 4.74 Å². The van der Waals surface area contributed by atoms with E-state index in [9.17, 15) is 0 Å². The Labute approximate surface area is 98.9 Å². The van der Waals surface area contributed by atoms with Crippen molar-refractivity contribution in [1.29, 1.82) is 0 Å². The molecule has 0 saturated carbocycles. The Balaban J connectivity index is 2.42. The summed E-state index contributed by atoms with van der Waals surface area (Å²) < 4.78 is 6.97. The van der Waals surface area contributed by atoms with Crippen molar-refractivity contribution in [3.63, 3.8) is 0 Å². The molecular weight excluding hydrogens is 220 g/mol. The zero-order valence-corrected chi connectivity index (χ0v) is 10.0. The summed E-state index contributed by atoms with van der Waals surface area (Å²) in [5, 5.41) is 7.10. The van der Waals surface area contributed by atoms with Gasteiger partial charge in [0.25, 0.3) is 0 Å². The number of anilines is 1. The summed E-state index contributed by atoms with van der Waals surface area (Å²) >= 11 is 0. The first kappa shape index (κ1) is 11.3. The molecule has 2 aromatic rings. The molecule has 0 aromatic carbocycles. The lowest BCUT2D eigenvalue weighted by Crippen LogP contribution is -2.05. The van der Waals surface area contributed by atoms with Crippen LogP contribution in [0.2, 0.25) is 0 Å². The van der Waals surface area contributed by atoms with Crippen molar-refractivity contribution in [1.82, 2.24) is 24.7 Å². The average molecular weight is 234 g/mol. The third kappa shape index (κ3) is 2.49. The standard InChI is InChI=1S/C10H14N6O/c1-4-17-10-13-8(12-9(11-2)14-10)7-5-6-16(3)15-7/h5-6H,4H2,1-3H3,(H,11,12,13,14). The van der Waals surface area contributed by atoms with E-state index in [1.54, 1.807) is 11.7 Å². The number of ether oxygens (including phenoxy) is 1. The van der Waals surface area contributed by atoms with Gasteiger partial charge < -0.3 is 10.1 Å². The fraction of sp³-hybridized carbons (Fsp3) is 0.400. The molecule has 7 nitrogen and oxygen atoms in total. The largest absolute Gasteiger partial charge is 0.464 e. The Hall–Kier alpha value is -2.18. The topological polar surface area (TPSA) is 77.8 Å². The number of hydrogen-bond acceptors (Lipinski definition) is 6. The van der Waals surface area contributed by atoms with Gasteiger partial charge in [-0.1, -0.05) is 0 Å². The van der Waals surface area contributed by atoms with Gasteiger partial charge in [-0.15, -0.1) is 0 Å². The highest BCUT2D eigenvalue weighted by Crippen LogP contribution is 2.16. The lowest BCUT2D eigenvalue weighted by Gasteiger charge is -2.05. The van der Waals surface area contributed by atoms with Crippen LogP contribution in [0.15, 0.2) is 12.3 Å². The molecule has 0 atom stereocenters. The maximum atomic E-state index is 5.28. The van der Waals surface area contributed by atoms with Gasteiger partial charge in [0.2, 0.25) is 5.95 Å². The summed E-state index contributed by atoms with van der Waals surface area (Å²) in [7, 11) is 3.58. The fourth-order valence-electron chi connectivity index (χ4n) is 1.31. The second kappa shape index (κ2) is 4.77. The van der Waals surface area contributed by atoms with Crippen molar-refractivity contribution >= 4 is 5.95 Å². The first-order valence-electron chi connectivity index (χ1n) is 5.29. The number of rotatable bonds is 4. The number of aromatic nitrogens is 5. The molecular formula is C10H14N6O. The predicted molar refractivity (Wildman–Crippen MR) is 62.7 cm³/mol. The van der Waals surface area contributed by atoms with Crippen molar-refractivity contribution in [2.75, 3.05) is 19.0 Å². The van der Waals surface area contributed by atoms with Crippen LogP contribution in [-0.2, 0) is 7.05 Å². The van der Waals surface area contributed by atoms with Gasteiger partial charge in [-0.3, -0.25) is 4.68 Å². The molecule has 0 radical (unpaired) electrons. The van der Waals surface area contributed by atoms with E-state index in [2.05, 4.69) is 25.4 Å². The van der Waals surface area contributed by atoms with Gasteiger partial charge >= 0.3 is 6.01 Å². The van der Waals surface area contributed by atoms with Crippen molar-refractivity contribution in [3.05, 3.63) is 12.3 Å². The number of hydrogen-bond donors (Lipinski definition) is 1. The Kier molecular flexibility index (Phi) is 3.17. The van der Waals surface area contributed by atoms with Crippen molar-refractivity contribution in [3.8, 4) is 17.5 Å². The highest BCUT2D eigenvalue weighted by atomic mass is 16.5. The molecule has 0 amide bonds. The smallest absolute Gasteiger partial charge is 0.321 e. The van der Waals surface area contributed by atoms with E-state index in [0.29, 0.717) is 30.1 Å². The minimum absolute atomic E-state index is 0.299. The molecule has 2 aromatic heterocycles. The molecule has 0 aliphatic heterocycles.